The summed E-state index contributed by atoms with van der Waals surface area (Å²) in [5.74, 6) is -0.452. The topological polar surface area (TPSA) is 162 Å². The van der Waals surface area contributed by atoms with Crippen LogP contribution >= 0.6 is 0 Å². The lowest BCUT2D eigenvalue weighted by Gasteiger charge is -2.59. The Morgan fingerprint density at radius 1 is 1.07 bits per heavy atom. The highest BCUT2D eigenvalue weighted by Crippen LogP contribution is 2.62. The van der Waals surface area contributed by atoms with Crippen molar-refractivity contribution in [2.45, 2.75) is 101 Å². The Hall–Kier alpha value is -4.30. The number of non-ortho nitro benzene ring substituents is 1. The molecule has 13 heteroatoms. The number of likely N-dealkylation sites (N-methyl/N-ethyl adjacent to an activating group) is 1. The molecule has 2 aromatic rings. The first kappa shape index (κ1) is 39.9. The van der Waals surface area contributed by atoms with Crippen LogP contribution in [0.2, 0.25) is 0 Å². The summed E-state index contributed by atoms with van der Waals surface area (Å²) in [7, 11) is 1.84. The van der Waals surface area contributed by atoms with E-state index in [9.17, 15) is 25.1 Å². The number of benzene rings is 2. The van der Waals surface area contributed by atoms with E-state index in [0.717, 1.165) is 74.6 Å². The minimum atomic E-state index is -1.33. The lowest BCUT2D eigenvalue weighted by molar-refractivity contribution is -0.384. The van der Waals surface area contributed by atoms with E-state index >= 15 is 0 Å². The van der Waals surface area contributed by atoms with Crippen molar-refractivity contribution in [2.75, 3.05) is 33.5 Å². The van der Waals surface area contributed by atoms with Crippen LogP contribution in [0.1, 0.15) is 88.5 Å². The van der Waals surface area contributed by atoms with Crippen LogP contribution in [-0.4, -0.2) is 83.2 Å². The van der Waals surface area contributed by atoms with Crippen LogP contribution in [0.5, 0.6) is 17.2 Å². The highest BCUT2D eigenvalue weighted by atomic mass is 16.8. The second-order valence-corrected chi connectivity index (χ2v) is 15.8. The molecule has 0 radical (unpaired) electrons. The van der Waals surface area contributed by atoms with Crippen molar-refractivity contribution in [3.8, 4) is 17.2 Å². The molecule has 1 saturated heterocycles. The zero-order valence-corrected chi connectivity index (χ0v) is 32.3. The van der Waals surface area contributed by atoms with Gasteiger partial charge in [-0.15, -0.1) is 6.58 Å². The molecule has 2 heterocycles. The molecule has 302 valence electrons. The van der Waals surface area contributed by atoms with Gasteiger partial charge in [0.15, 0.2) is 0 Å². The number of oxime groups is 1. The number of hydrogen-bond acceptors (Lipinski definition) is 11. The zero-order chi connectivity index (χ0) is 39.2. The minimum absolute atomic E-state index is 0.0449. The third-order valence-corrected chi connectivity index (χ3v) is 12.1. The fraction of sp³-hybridized carbons (Fsp3) is 0.581. The van der Waals surface area contributed by atoms with Gasteiger partial charge in [-0.25, -0.2) is 0 Å². The van der Waals surface area contributed by atoms with Gasteiger partial charge in [-0.2, -0.15) is 0 Å². The summed E-state index contributed by atoms with van der Waals surface area (Å²) in [6.07, 6.45) is 12.8. The summed E-state index contributed by atoms with van der Waals surface area (Å²) < 4.78 is 26.4. The lowest BCUT2D eigenvalue weighted by Crippen LogP contribution is -2.69. The summed E-state index contributed by atoms with van der Waals surface area (Å²) in [6, 6.07) is 11.2. The molecule has 7 unspecified atom stereocenters. The molecular formula is C43H55N3O10. The summed E-state index contributed by atoms with van der Waals surface area (Å²) in [5.41, 5.74) is 2.50. The number of aliphatic hydroxyl groups is 2. The molecule has 3 aliphatic carbocycles. The first-order valence-electron chi connectivity index (χ1n) is 20.3. The minimum Gasteiger partial charge on any atom is -0.459 e. The number of allylic oxidation sites excluding steroid dienone is 1. The Kier molecular flexibility index (Phi) is 12.7. The zero-order valence-electron chi connectivity index (χ0n) is 32.3. The maximum atomic E-state index is 14.0. The van der Waals surface area contributed by atoms with Gasteiger partial charge in [0.25, 0.3) is 5.69 Å². The van der Waals surface area contributed by atoms with E-state index < -0.39 is 29.0 Å². The average Bonchev–Trinajstić information content (AvgIpc) is 4.07. The van der Waals surface area contributed by atoms with E-state index in [1.165, 1.54) is 12.1 Å². The molecule has 7 atom stereocenters. The monoisotopic (exact) mass is 773 g/mol. The summed E-state index contributed by atoms with van der Waals surface area (Å²) >= 11 is 0. The molecule has 7 rings (SSSR count). The fourth-order valence-corrected chi connectivity index (χ4v) is 9.28. The van der Waals surface area contributed by atoms with E-state index in [1.54, 1.807) is 29.2 Å². The van der Waals surface area contributed by atoms with Crippen LogP contribution in [0.3, 0.4) is 0 Å². The molecule has 2 saturated carbocycles. The molecule has 56 heavy (non-hydrogen) atoms. The first-order chi connectivity index (χ1) is 27.3. The van der Waals surface area contributed by atoms with Crippen molar-refractivity contribution in [2.24, 2.45) is 28.8 Å². The average molecular weight is 774 g/mol. The van der Waals surface area contributed by atoms with Crippen molar-refractivity contribution in [1.82, 2.24) is 4.90 Å². The largest absolute Gasteiger partial charge is 0.459 e. The SMILES string of the molecule is C=CCOC12Oc3ccc(Oc4cccc([N+](=O)[O-])c4)cc3C3C(CCCCO)C(CCCCO)C=C(C(=NOC4CCCCO4)CC1N(C)C(=O)C1CC1)C32. The smallest absolute Gasteiger partial charge is 0.273 e. The number of nitro benzene ring substituents is 1. The first-order valence-corrected chi connectivity index (χ1v) is 20.3. The lowest BCUT2D eigenvalue weighted by atomic mass is 9.55. The molecule has 2 aromatic carbocycles. The maximum Gasteiger partial charge on any atom is 0.273 e. The van der Waals surface area contributed by atoms with E-state index in [2.05, 4.69) is 12.7 Å². The second kappa shape index (κ2) is 17.9. The Morgan fingerprint density at radius 2 is 1.86 bits per heavy atom. The van der Waals surface area contributed by atoms with Crippen LogP contribution in [0.15, 0.2) is 71.9 Å². The van der Waals surface area contributed by atoms with Crippen molar-refractivity contribution < 1.29 is 43.7 Å². The Morgan fingerprint density at radius 3 is 2.57 bits per heavy atom. The molecular weight excluding hydrogens is 718 g/mol. The molecule has 0 spiro atoms. The Balaban J connectivity index is 1.40. The molecule has 3 fully saturated rings. The van der Waals surface area contributed by atoms with Gasteiger partial charge in [-0.3, -0.25) is 14.9 Å². The third kappa shape index (κ3) is 8.37. The number of aliphatic hydroxyl groups excluding tert-OH is 2. The number of carbonyl (C=O) groups excluding carboxylic acids is 1. The Labute approximate surface area is 328 Å². The predicted octanol–water partition coefficient (Wildman–Crippen LogP) is 7.42. The Bertz CT molecular complexity index is 1790. The number of ether oxygens (including phenoxy) is 4. The molecule has 0 bridgehead atoms. The quantitative estimate of drug-likeness (QED) is 0.0675. The van der Waals surface area contributed by atoms with Crippen LogP contribution in [0.4, 0.5) is 5.69 Å². The molecule has 0 aromatic heterocycles. The molecule has 1 amide bonds. The van der Waals surface area contributed by atoms with E-state index in [1.807, 2.05) is 19.2 Å². The van der Waals surface area contributed by atoms with Gasteiger partial charge in [-0.1, -0.05) is 36.2 Å². The van der Waals surface area contributed by atoms with Gasteiger partial charge in [-0.05, 0) is 93.0 Å². The summed E-state index contributed by atoms with van der Waals surface area (Å²) in [5, 5.41) is 36.1. The highest BCUT2D eigenvalue weighted by molar-refractivity contribution is 6.03. The van der Waals surface area contributed by atoms with Crippen molar-refractivity contribution in [3.63, 3.8) is 0 Å². The van der Waals surface area contributed by atoms with E-state index in [4.69, 9.17) is 28.9 Å². The number of nitrogens with zero attached hydrogens (tertiary/aromatic N) is 3. The molecule has 13 nitrogen and oxygen atoms in total. The van der Waals surface area contributed by atoms with Gasteiger partial charge in [0.1, 0.15) is 23.3 Å². The van der Waals surface area contributed by atoms with Crippen LogP contribution in [0, 0.1) is 33.8 Å². The van der Waals surface area contributed by atoms with Gasteiger partial charge in [0, 0.05) is 56.6 Å². The van der Waals surface area contributed by atoms with Gasteiger partial charge < -0.3 is 38.9 Å². The fourth-order valence-electron chi connectivity index (χ4n) is 9.28. The molecule has 2 N–H and O–H groups in total. The number of hydrogen-bond donors (Lipinski definition) is 2. The number of nitro groups is 1. The third-order valence-electron chi connectivity index (χ3n) is 12.1. The number of fused-ring (bicyclic) bond motifs is 2. The van der Waals surface area contributed by atoms with Gasteiger partial charge in [0.2, 0.25) is 18.0 Å². The maximum absolute atomic E-state index is 14.0. The highest BCUT2D eigenvalue weighted by Gasteiger charge is 2.65. The second-order valence-electron chi connectivity index (χ2n) is 15.8. The number of carbonyl (C=O) groups is 1. The van der Waals surface area contributed by atoms with Crippen LogP contribution < -0.4 is 9.47 Å². The van der Waals surface area contributed by atoms with E-state index in [0.29, 0.717) is 43.1 Å². The standard InChI is InChI=1S/C43H55N3O10/c1-3-22-53-43-38(45(2)42(49)28-16-17-28)27-36(44-56-39-15-6-9-23-52-39)34-24-29(11-4-7-20-47)33(14-5-8-21-48)40(41(34)43)35-26-32(18-19-37(35)55-43)54-31-13-10-12-30(25-31)46(50)51/h3,10,12-13,18-19,24-26,28-29,33,38-41,47-48H,1,4-9,11,14-17,20-23,27H2,2H3. The molecule has 5 aliphatic rings. The summed E-state index contributed by atoms with van der Waals surface area (Å²) in [6.45, 7) is 4.95. The number of amides is 1. The normalized spacial score (nSPS) is 28.6. The number of unbranched alkanes of at least 4 members (excludes halogenated alkanes) is 2. The number of rotatable bonds is 18. The van der Waals surface area contributed by atoms with Gasteiger partial charge >= 0.3 is 0 Å². The van der Waals surface area contributed by atoms with Crippen molar-refractivity contribution in [3.05, 3.63) is 82.4 Å². The van der Waals surface area contributed by atoms with Crippen LogP contribution in [0.25, 0.3) is 0 Å². The summed E-state index contributed by atoms with van der Waals surface area (Å²) in [4.78, 5) is 33.1. The van der Waals surface area contributed by atoms with Crippen molar-refractivity contribution >= 4 is 17.3 Å². The van der Waals surface area contributed by atoms with Gasteiger partial charge in [0.05, 0.1) is 35.8 Å². The predicted molar refractivity (Wildman–Crippen MR) is 208 cm³/mol. The van der Waals surface area contributed by atoms with E-state index in [-0.39, 0.29) is 55.1 Å². The van der Waals surface area contributed by atoms with Crippen LogP contribution in [-0.2, 0) is 19.1 Å². The van der Waals surface area contributed by atoms with Crippen molar-refractivity contribution in [1.29, 1.82) is 0 Å². The molecule has 2 aliphatic heterocycles.